The van der Waals surface area contributed by atoms with Crippen molar-refractivity contribution in [3.05, 3.63) is 40.8 Å². The number of hydrogen-bond acceptors (Lipinski definition) is 7. The van der Waals surface area contributed by atoms with Crippen LogP contribution >= 0.6 is 0 Å². The zero-order valence-electron chi connectivity index (χ0n) is 24.7. The molecule has 0 unspecified atom stereocenters. The minimum absolute atomic E-state index is 0.0336. The van der Waals surface area contributed by atoms with Gasteiger partial charge in [-0.3, -0.25) is 10.00 Å². The predicted octanol–water partition coefficient (Wildman–Crippen LogP) is 5.81. The lowest BCUT2D eigenvalue weighted by atomic mass is 9.90. The predicted molar refractivity (Wildman–Crippen MR) is 155 cm³/mol. The van der Waals surface area contributed by atoms with Gasteiger partial charge in [0.1, 0.15) is 35.4 Å². The smallest absolute Gasteiger partial charge is 0.417 e. The number of H-pyrrole nitrogens is 1. The Bertz CT molecular complexity index is 1870. The highest BCUT2D eigenvalue weighted by Crippen LogP contribution is 2.47. The normalized spacial score (nSPS) is 26.5. The number of aromatic nitrogens is 4. The molecule has 0 amide bonds. The summed E-state index contributed by atoms with van der Waals surface area (Å²) in [5.41, 5.74) is -5.65. The van der Waals surface area contributed by atoms with Crippen LogP contribution in [0.3, 0.4) is 0 Å². The summed E-state index contributed by atoms with van der Waals surface area (Å²) >= 11 is 0. The third-order valence-electron chi connectivity index (χ3n) is 10.2. The van der Waals surface area contributed by atoms with Crippen LogP contribution in [-0.2, 0) is 6.18 Å². The Morgan fingerprint density at radius 2 is 1.78 bits per heavy atom. The summed E-state index contributed by atoms with van der Waals surface area (Å²) in [5.74, 6) is -3.69. The van der Waals surface area contributed by atoms with Crippen molar-refractivity contribution in [1.82, 2.24) is 30.4 Å². The fourth-order valence-electron chi connectivity index (χ4n) is 8.19. The molecule has 0 radical (unpaired) electrons. The largest absolute Gasteiger partial charge is 0.461 e. The van der Waals surface area contributed by atoms with Gasteiger partial charge in [-0.15, -0.1) is 0 Å². The third kappa shape index (κ3) is 4.52. The van der Waals surface area contributed by atoms with Crippen LogP contribution in [0.2, 0.25) is 0 Å². The van der Waals surface area contributed by atoms with Crippen LogP contribution in [0.25, 0.3) is 32.9 Å². The van der Waals surface area contributed by atoms with Crippen LogP contribution in [0, 0.1) is 24.4 Å². The first-order chi connectivity index (χ1) is 21.9. The molecule has 8 nitrogen and oxygen atoms in total. The molecule has 0 saturated carbocycles. The van der Waals surface area contributed by atoms with Crippen molar-refractivity contribution in [2.24, 2.45) is 0 Å². The van der Waals surface area contributed by atoms with Crippen LogP contribution in [0.5, 0.6) is 6.01 Å². The van der Waals surface area contributed by atoms with E-state index in [1.165, 1.54) is 0 Å². The summed E-state index contributed by atoms with van der Waals surface area (Å²) in [5, 5.41) is 9.00. The Labute approximate surface area is 258 Å². The second kappa shape index (κ2) is 10.4. The van der Waals surface area contributed by atoms with E-state index >= 15 is 13.2 Å². The average molecular weight is 650 g/mol. The Hall–Kier alpha value is -3.72. The lowest BCUT2D eigenvalue weighted by Crippen LogP contribution is -2.51. The molecule has 0 aliphatic carbocycles. The lowest BCUT2D eigenvalue weighted by Gasteiger charge is -2.34. The Morgan fingerprint density at radius 1 is 1.02 bits per heavy atom. The van der Waals surface area contributed by atoms with E-state index < -0.39 is 74.0 Å². The standard InChI is InChI=1S/C31H30F7N7O/c1-14-23(31(36,37)38)21(19-9-39-43-27(19)24(14)34)22-20(33)7-18-26(25(22)35)41-29(42-28(18)44-11-16-3-4-17(12-44)40-16)46-13-30-5-2-6-45(30)10-15(32)8-30/h7,9,15-17,40H,2-6,8,10-13H2,1H3,(H,39,43)/t15-,16-,17+,30+/m1/s1. The highest BCUT2D eigenvalue weighted by molar-refractivity contribution is 6.01. The molecule has 4 aliphatic heterocycles. The summed E-state index contributed by atoms with van der Waals surface area (Å²) in [6, 6.07) is 0.940. The number of halogens is 7. The molecular weight excluding hydrogens is 619 g/mol. The highest BCUT2D eigenvalue weighted by atomic mass is 19.4. The van der Waals surface area contributed by atoms with E-state index in [1.807, 2.05) is 9.80 Å². The van der Waals surface area contributed by atoms with Gasteiger partial charge in [0.25, 0.3) is 0 Å². The second-order valence-electron chi connectivity index (χ2n) is 13.0. The summed E-state index contributed by atoms with van der Waals surface area (Å²) < 4.78 is 112. The molecule has 15 heteroatoms. The molecule has 8 rings (SSSR count). The molecule has 2 N–H and O–H groups in total. The summed E-state index contributed by atoms with van der Waals surface area (Å²) in [6.45, 7) is 2.91. The molecule has 0 spiro atoms. The van der Waals surface area contributed by atoms with Gasteiger partial charge in [-0.1, -0.05) is 0 Å². The first kappa shape index (κ1) is 29.7. The minimum Gasteiger partial charge on any atom is -0.461 e. The van der Waals surface area contributed by atoms with E-state index in [0.717, 1.165) is 45.0 Å². The van der Waals surface area contributed by atoms with Crippen molar-refractivity contribution in [3.8, 4) is 17.1 Å². The van der Waals surface area contributed by atoms with Gasteiger partial charge in [0, 0.05) is 54.5 Å². The van der Waals surface area contributed by atoms with E-state index in [4.69, 9.17) is 4.74 Å². The van der Waals surface area contributed by atoms with Crippen molar-refractivity contribution in [1.29, 1.82) is 0 Å². The number of aromatic amines is 1. The zero-order valence-corrected chi connectivity index (χ0v) is 24.7. The molecule has 4 aromatic rings. The topological polar surface area (TPSA) is 82.2 Å². The van der Waals surface area contributed by atoms with Crippen LogP contribution in [0.4, 0.5) is 36.6 Å². The van der Waals surface area contributed by atoms with Gasteiger partial charge in [-0.25, -0.2) is 17.6 Å². The van der Waals surface area contributed by atoms with Gasteiger partial charge in [-0.2, -0.15) is 28.2 Å². The quantitative estimate of drug-likeness (QED) is 0.264. The van der Waals surface area contributed by atoms with E-state index in [-0.39, 0.29) is 48.9 Å². The van der Waals surface area contributed by atoms with Gasteiger partial charge in [0.05, 0.1) is 22.9 Å². The molecular formula is C31H30F7N7O. The van der Waals surface area contributed by atoms with Gasteiger partial charge in [0.15, 0.2) is 11.6 Å². The Balaban J connectivity index is 1.32. The fourth-order valence-corrected chi connectivity index (χ4v) is 8.19. The maximum Gasteiger partial charge on any atom is 0.417 e. The van der Waals surface area contributed by atoms with Gasteiger partial charge in [-0.05, 0) is 50.8 Å². The van der Waals surface area contributed by atoms with Crippen molar-refractivity contribution >= 4 is 27.6 Å². The van der Waals surface area contributed by atoms with Gasteiger partial charge < -0.3 is 15.0 Å². The lowest BCUT2D eigenvalue weighted by molar-refractivity contribution is -0.137. The average Bonchev–Trinajstić information content (AvgIpc) is 3.77. The molecule has 4 aliphatic rings. The van der Waals surface area contributed by atoms with E-state index in [0.29, 0.717) is 19.5 Å². The Kier molecular flexibility index (Phi) is 6.70. The monoisotopic (exact) mass is 649 g/mol. The molecule has 6 heterocycles. The number of hydrogen-bond donors (Lipinski definition) is 2. The molecule has 2 aromatic carbocycles. The number of ether oxygens (including phenoxy) is 1. The second-order valence-corrected chi connectivity index (χ2v) is 13.0. The number of piperazine rings is 1. The van der Waals surface area contributed by atoms with Crippen LogP contribution in [0.15, 0.2) is 12.3 Å². The Morgan fingerprint density at radius 3 is 2.52 bits per heavy atom. The van der Waals surface area contributed by atoms with Crippen LogP contribution < -0.4 is 15.0 Å². The first-order valence-electron chi connectivity index (χ1n) is 15.4. The number of fused-ring (bicyclic) bond motifs is 5. The fraction of sp³-hybridized carbons (Fsp3) is 0.516. The van der Waals surface area contributed by atoms with Gasteiger partial charge in [0.2, 0.25) is 0 Å². The van der Waals surface area contributed by atoms with E-state index in [9.17, 15) is 17.6 Å². The van der Waals surface area contributed by atoms with Crippen LogP contribution in [-0.4, -0.2) is 81.6 Å². The summed E-state index contributed by atoms with van der Waals surface area (Å²) in [7, 11) is 0. The molecule has 2 bridgehead atoms. The van der Waals surface area contributed by atoms with Crippen LogP contribution in [0.1, 0.15) is 43.2 Å². The molecule has 244 valence electrons. The highest BCUT2D eigenvalue weighted by Gasteiger charge is 2.49. The zero-order chi connectivity index (χ0) is 32.1. The van der Waals surface area contributed by atoms with Crippen molar-refractivity contribution in [2.45, 2.75) is 69.0 Å². The maximum atomic E-state index is 16.8. The van der Waals surface area contributed by atoms with Crippen molar-refractivity contribution in [2.75, 3.05) is 37.7 Å². The number of rotatable bonds is 5. The molecule has 2 aromatic heterocycles. The number of alkyl halides is 4. The molecule has 4 fully saturated rings. The summed E-state index contributed by atoms with van der Waals surface area (Å²) in [6.07, 6.45) is -1.62. The van der Waals surface area contributed by atoms with Crippen molar-refractivity contribution < 1.29 is 35.5 Å². The molecule has 4 atom stereocenters. The number of benzene rings is 2. The molecule has 46 heavy (non-hydrogen) atoms. The third-order valence-corrected chi connectivity index (χ3v) is 10.2. The van der Waals surface area contributed by atoms with Crippen molar-refractivity contribution in [3.63, 3.8) is 0 Å². The van der Waals surface area contributed by atoms with Gasteiger partial charge >= 0.3 is 12.2 Å². The first-order valence-corrected chi connectivity index (χ1v) is 15.4. The van der Waals surface area contributed by atoms with E-state index in [1.54, 1.807) is 0 Å². The number of nitrogens with one attached hydrogen (secondary N) is 2. The summed E-state index contributed by atoms with van der Waals surface area (Å²) in [4.78, 5) is 12.8. The number of nitrogens with zero attached hydrogens (tertiary/aromatic N) is 5. The maximum absolute atomic E-state index is 16.8. The minimum atomic E-state index is -5.16. The SMILES string of the molecule is Cc1c(C(F)(F)F)c(-c2c(F)cc3c(N4C[C@H]5CC[C@@H](C4)N5)nc(OC[C@@]45CCCN4C[C@H](F)C5)nc3c2F)c2cn[nH]c2c1F. The van der Waals surface area contributed by atoms with E-state index in [2.05, 4.69) is 25.5 Å². The molecule has 4 saturated heterocycles. The number of anilines is 1.